The van der Waals surface area contributed by atoms with Crippen LogP contribution < -0.4 is 0 Å². The monoisotopic (exact) mass is 296 g/mol. The number of carbonyl (C=O) groups excluding carboxylic acids is 1. The highest BCUT2D eigenvalue weighted by Gasteiger charge is 2.25. The van der Waals surface area contributed by atoms with Crippen LogP contribution in [0, 0.1) is 25.7 Å². The summed E-state index contributed by atoms with van der Waals surface area (Å²) in [6.07, 6.45) is 1.23. The third kappa shape index (κ3) is 3.78. The number of piperidine rings is 1. The van der Waals surface area contributed by atoms with Crippen LogP contribution in [0.5, 0.6) is 0 Å². The zero-order valence-electron chi connectivity index (χ0n) is 12.8. The lowest BCUT2D eigenvalue weighted by molar-refractivity contribution is -0.130. The molecule has 2 heterocycles. The standard InChI is InChI=1S/C15H24N2O2S/c1-10-5-11(2)7-17(6-10)15(18)9-20-8-14-12(3)16-19-13(14)4/h10-11H,5-9H2,1-4H3. The lowest BCUT2D eigenvalue weighted by atomic mass is 9.92. The summed E-state index contributed by atoms with van der Waals surface area (Å²) in [4.78, 5) is 14.3. The number of thioether (sulfide) groups is 1. The number of nitrogens with zero attached hydrogens (tertiary/aromatic N) is 2. The summed E-state index contributed by atoms with van der Waals surface area (Å²) in [6.45, 7) is 10.2. The van der Waals surface area contributed by atoms with E-state index in [0.717, 1.165) is 35.9 Å². The van der Waals surface area contributed by atoms with Gasteiger partial charge in [-0.25, -0.2) is 0 Å². The molecule has 0 aromatic carbocycles. The van der Waals surface area contributed by atoms with Crippen molar-refractivity contribution < 1.29 is 9.32 Å². The Morgan fingerprint density at radius 3 is 2.55 bits per heavy atom. The molecule has 1 aliphatic heterocycles. The van der Waals surface area contributed by atoms with Gasteiger partial charge in [0.05, 0.1) is 11.4 Å². The van der Waals surface area contributed by atoms with Crippen molar-refractivity contribution in [2.45, 2.75) is 39.9 Å². The van der Waals surface area contributed by atoms with Gasteiger partial charge in [-0.15, -0.1) is 11.8 Å². The molecule has 112 valence electrons. The van der Waals surface area contributed by atoms with Gasteiger partial charge in [-0.3, -0.25) is 4.79 Å². The number of rotatable bonds is 4. The number of amides is 1. The SMILES string of the molecule is Cc1noc(C)c1CSCC(=O)N1CC(C)CC(C)C1. The van der Waals surface area contributed by atoms with Crippen LogP contribution in [0.4, 0.5) is 0 Å². The molecule has 1 aromatic rings. The number of likely N-dealkylation sites (tertiary alicyclic amines) is 1. The first-order valence-electron chi connectivity index (χ1n) is 7.24. The lowest BCUT2D eigenvalue weighted by Gasteiger charge is -2.35. The maximum atomic E-state index is 12.3. The second-order valence-corrected chi connectivity index (χ2v) is 7.03. The normalized spacial score (nSPS) is 23.1. The Kier molecular flexibility index (Phi) is 5.13. The number of carbonyl (C=O) groups is 1. The first-order chi connectivity index (χ1) is 9.47. The second kappa shape index (κ2) is 6.66. The summed E-state index contributed by atoms with van der Waals surface area (Å²) in [7, 11) is 0. The van der Waals surface area contributed by atoms with Crippen LogP contribution in [-0.4, -0.2) is 34.8 Å². The van der Waals surface area contributed by atoms with Crippen LogP contribution in [-0.2, 0) is 10.5 Å². The molecule has 4 nitrogen and oxygen atoms in total. The molecule has 20 heavy (non-hydrogen) atoms. The smallest absolute Gasteiger partial charge is 0.232 e. The molecule has 0 bridgehead atoms. The predicted octanol–water partition coefficient (Wildman–Crippen LogP) is 3.03. The topological polar surface area (TPSA) is 46.3 Å². The van der Waals surface area contributed by atoms with Crippen molar-refractivity contribution in [1.82, 2.24) is 10.1 Å². The summed E-state index contributed by atoms with van der Waals surface area (Å²) in [5.74, 6) is 3.71. The Bertz CT molecular complexity index is 443. The molecule has 0 saturated carbocycles. The minimum atomic E-state index is 0.264. The number of hydrogen-bond acceptors (Lipinski definition) is 4. The Morgan fingerprint density at radius 2 is 2.00 bits per heavy atom. The van der Waals surface area contributed by atoms with Crippen molar-refractivity contribution in [2.24, 2.45) is 11.8 Å². The van der Waals surface area contributed by atoms with Gasteiger partial charge >= 0.3 is 0 Å². The van der Waals surface area contributed by atoms with E-state index in [0.29, 0.717) is 17.6 Å². The van der Waals surface area contributed by atoms with Gasteiger partial charge in [0.15, 0.2) is 0 Å². The molecular formula is C15H24N2O2S. The van der Waals surface area contributed by atoms with E-state index < -0.39 is 0 Å². The van der Waals surface area contributed by atoms with Crippen LogP contribution in [0.1, 0.15) is 37.3 Å². The van der Waals surface area contributed by atoms with Gasteiger partial charge in [-0.1, -0.05) is 19.0 Å². The first-order valence-corrected chi connectivity index (χ1v) is 8.40. The molecule has 0 aliphatic carbocycles. The lowest BCUT2D eigenvalue weighted by Crippen LogP contribution is -2.43. The Balaban J connectivity index is 1.80. The van der Waals surface area contributed by atoms with E-state index in [2.05, 4.69) is 19.0 Å². The van der Waals surface area contributed by atoms with Crippen LogP contribution >= 0.6 is 11.8 Å². The molecule has 0 radical (unpaired) electrons. The first kappa shape index (κ1) is 15.4. The van der Waals surface area contributed by atoms with Gasteiger partial charge in [0.1, 0.15) is 5.76 Å². The van der Waals surface area contributed by atoms with Gasteiger partial charge < -0.3 is 9.42 Å². The van der Waals surface area contributed by atoms with E-state index in [4.69, 9.17) is 4.52 Å². The van der Waals surface area contributed by atoms with Crippen LogP contribution in [0.15, 0.2) is 4.52 Å². The van der Waals surface area contributed by atoms with E-state index in [1.54, 1.807) is 11.8 Å². The molecule has 1 fully saturated rings. The number of aryl methyl sites for hydroxylation is 2. The fraction of sp³-hybridized carbons (Fsp3) is 0.733. The zero-order valence-corrected chi connectivity index (χ0v) is 13.6. The van der Waals surface area contributed by atoms with Crippen LogP contribution in [0.3, 0.4) is 0 Å². The van der Waals surface area contributed by atoms with Crippen molar-refractivity contribution in [1.29, 1.82) is 0 Å². The highest BCUT2D eigenvalue weighted by atomic mass is 32.2. The zero-order chi connectivity index (χ0) is 14.7. The molecule has 2 unspecified atom stereocenters. The number of hydrogen-bond donors (Lipinski definition) is 0. The number of aromatic nitrogens is 1. The fourth-order valence-electron chi connectivity index (χ4n) is 2.91. The highest BCUT2D eigenvalue weighted by Crippen LogP contribution is 2.23. The predicted molar refractivity (Wildman–Crippen MR) is 81.7 cm³/mol. The molecule has 1 aliphatic rings. The summed E-state index contributed by atoms with van der Waals surface area (Å²) in [6, 6.07) is 0. The minimum absolute atomic E-state index is 0.264. The van der Waals surface area contributed by atoms with E-state index in [1.807, 2.05) is 18.7 Å². The van der Waals surface area contributed by atoms with Crippen molar-refractivity contribution in [3.05, 3.63) is 17.0 Å². The average Bonchev–Trinajstić information content (AvgIpc) is 2.69. The van der Waals surface area contributed by atoms with Crippen molar-refractivity contribution in [3.8, 4) is 0 Å². The van der Waals surface area contributed by atoms with E-state index >= 15 is 0 Å². The Morgan fingerprint density at radius 1 is 1.35 bits per heavy atom. The molecular weight excluding hydrogens is 272 g/mol. The molecule has 2 rings (SSSR count). The summed E-state index contributed by atoms with van der Waals surface area (Å²) >= 11 is 1.65. The summed E-state index contributed by atoms with van der Waals surface area (Å²) in [5, 5.41) is 3.94. The van der Waals surface area contributed by atoms with E-state index in [9.17, 15) is 4.79 Å². The van der Waals surface area contributed by atoms with Gasteiger partial charge in [0.2, 0.25) is 5.91 Å². The maximum Gasteiger partial charge on any atom is 0.232 e. The molecule has 2 atom stereocenters. The van der Waals surface area contributed by atoms with Gasteiger partial charge in [0.25, 0.3) is 0 Å². The van der Waals surface area contributed by atoms with Crippen molar-refractivity contribution in [3.63, 3.8) is 0 Å². The van der Waals surface area contributed by atoms with E-state index in [1.165, 1.54) is 6.42 Å². The third-order valence-electron chi connectivity index (χ3n) is 3.87. The van der Waals surface area contributed by atoms with Gasteiger partial charge in [0, 0.05) is 24.4 Å². The summed E-state index contributed by atoms with van der Waals surface area (Å²) in [5.41, 5.74) is 2.06. The van der Waals surface area contributed by atoms with Crippen molar-refractivity contribution in [2.75, 3.05) is 18.8 Å². The van der Waals surface area contributed by atoms with Crippen LogP contribution in [0.25, 0.3) is 0 Å². The molecule has 1 saturated heterocycles. The third-order valence-corrected chi connectivity index (χ3v) is 4.82. The average molecular weight is 296 g/mol. The second-order valence-electron chi connectivity index (χ2n) is 6.04. The van der Waals surface area contributed by atoms with Crippen LogP contribution in [0.2, 0.25) is 0 Å². The molecule has 0 N–H and O–H groups in total. The van der Waals surface area contributed by atoms with E-state index in [-0.39, 0.29) is 5.91 Å². The summed E-state index contributed by atoms with van der Waals surface area (Å²) < 4.78 is 5.14. The maximum absolute atomic E-state index is 12.3. The molecule has 5 heteroatoms. The Labute approximate surface area is 125 Å². The quantitative estimate of drug-likeness (QED) is 0.857. The minimum Gasteiger partial charge on any atom is -0.361 e. The van der Waals surface area contributed by atoms with Crippen molar-refractivity contribution >= 4 is 17.7 Å². The highest BCUT2D eigenvalue weighted by molar-refractivity contribution is 7.99. The molecule has 1 aromatic heterocycles. The fourth-order valence-corrected chi connectivity index (χ4v) is 3.98. The Hall–Kier alpha value is -0.970. The van der Waals surface area contributed by atoms with Gasteiger partial charge in [-0.2, -0.15) is 0 Å². The molecule has 0 spiro atoms. The van der Waals surface area contributed by atoms with Gasteiger partial charge in [-0.05, 0) is 32.1 Å². The largest absolute Gasteiger partial charge is 0.361 e. The molecule has 1 amide bonds.